The smallest absolute Gasteiger partial charge is 0.467 e. The van der Waals surface area contributed by atoms with Crippen LogP contribution in [0.25, 0.3) is 0 Å². The molecule has 0 aliphatic carbocycles. The molecule has 0 radical (unpaired) electrons. The van der Waals surface area contributed by atoms with Gasteiger partial charge in [0, 0.05) is 39.3 Å². The Bertz CT molecular complexity index is 1060. The number of hydrogen-bond acceptors (Lipinski definition) is 9. The topological polar surface area (TPSA) is 86.8 Å². The maximum absolute atomic E-state index is 12.8. The molecule has 0 aromatic heterocycles. The van der Waals surface area contributed by atoms with Crippen molar-refractivity contribution in [2.75, 3.05) is 33.0 Å². The molecule has 1 fully saturated rings. The van der Waals surface area contributed by atoms with E-state index < -0.39 is 31.5 Å². The molecule has 1 heterocycles. The number of halogens is 2. The normalized spacial score (nSPS) is 18.1. The third kappa shape index (κ3) is 13.1. The minimum absolute atomic E-state index is 0.0238. The number of hydrogen-bond donors (Lipinski definition) is 1. The van der Waals surface area contributed by atoms with E-state index in [0.717, 1.165) is 23.1 Å². The number of ether oxygens (including phenoxy) is 4. The first-order chi connectivity index (χ1) is 19.3. The second kappa shape index (κ2) is 15.6. The molecule has 2 atom stereocenters. The van der Waals surface area contributed by atoms with Gasteiger partial charge in [0.25, 0.3) is 0 Å². The van der Waals surface area contributed by atoms with Crippen LogP contribution in [0.4, 0.5) is 9.59 Å². The van der Waals surface area contributed by atoms with E-state index in [1.165, 1.54) is 0 Å². The minimum Gasteiger partial charge on any atom is -0.467 e. The molecule has 1 aliphatic rings. The van der Waals surface area contributed by atoms with Crippen LogP contribution in [-0.4, -0.2) is 79.9 Å². The summed E-state index contributed by atoms with van der Waals surface area (Å²) in [7, 11) is -1.20. The van der Waals surface area contributed by atoms with Gasteiger partial charge in [0.2, 0.25) is 0 Å². The van der Waals surface area contributed by atoms with Crippen LogP contribution >= 0.6 is 35.8 Å². The van der Waals surface area contributed by atoms with E-state index in [2.05, 4.69) is 24.5 Å². The molecule has 1 aromatic rings. The summed E-state index contributed by atoms with van der Waals surface area (Å²) in [6.07, 6.45) is -0.534. The number of likely N-dealkylation sites (tertiary alicyclic amines) is 1. The SMILES string of the molecule is CC(C)(C)OC(=O)ON(CCCN1CC(c2c(OCOCC[Si](C)(C)C)ccc(Cl)c2Cl)CC1S)C(=O)OC(C)(C)C. The van der Waals surface area contributed by atoms with Crippen molar-refractivity contribution in [1.29, 1.82) is 0 Å². The summed E-state index contributed by atoms with van der Waals surface area (Å²) < 4.78 is 22.4. The van der Waals surface area contributed by atoms with E-state index in [1.54, 1.807) is 47.6 Å². The molecule has 1 aliphatic heterocycles. The lowest BCUT2D eigenvalue weighted by Crippen LogP contribution is -2.41. The molecule has 1 aromatic carbocycles. The van der Waals surface area contributed by atoms with Crippen molar-refractivity contribution in [3.63, 3.8) is 0 Å². The standard InChI is InChI=1S/C29H48Cl2N2O7SSi/c1-28(2,3)38-26(34)33(40-27(35)39-29(4,5)6)14-10-13-32-18-20(17-23(32)41)24-22(12-11-21(30)25(24)31)37-19-36-15-16-42(7,8)9/h11-12,20,23,41H,10,13-19H2,1-9H3. The number of thiol groups is 1. The summed E-state index contributed by atoms with van der Waals surface area (Å²) in [6.45, 7) is 19.4. The van der Waals surface area contributed by atoms with Crippen LogP contribution in [0, 0.1) is 0 Å². The first kappa shape index (κ1) is 36.8. The van der Waals surface area contributed by atoms with E-state index in [0.29, 0.717) is 41.9 Å². The van der Waals surface area contributed by atoms with Crippen molar-refractivity contribution in [2.24, 2.45) is 0 Å². The van der Waals surface area contributed by atoms with E-state index in [1.807, 2.05) is 6.07 Å². The summed E-state index contributed by atoms with van der Waals surface area (Å²) in [5, 5.41) is 1.76. The highest BCUT2D eigenvalue weighted by Gasteiger charge is 2.35. The summed E-state index contributed by atoms with van der Waals surface area (Å²) in [6, 6.07) is 4.61. The molecule has 0 N–H and O–H groups in total. The van der Waals surface area contributed by atoms with Gasteiger partial charge in [-0.1, -0.05) is 42.8 Å². The maximum Gasteiger partial charge on any atom is 0.534 e. The Morgan fingerprint density at radius 1 is 1.07 bits per heavy atom. The average Bonchev–Trinajstić information content (AvgIpc) is 3.17. The highest BCUT2D eigenvalue weighted by molar-refractivity contribution is 7.80. The molecule has 0 spiro atoms. The second-order valence-electron chi connectivity index (χ2n) is 13.7. The van der Waals surface area contributed by atoms with Gasteiger partial charge in [-0.25, -0.2) is 9.59 Å². The molecule has 0 saturated carbocycles. The van der Waals surface area contributed by atoms with Crippen LogP contribution in [0.1, 0.15) is 65.9 Å². The zero-order valence-corrected chi connectivity index (χ0v) is 29.8. The molecular weight excluding hydrogens is 619 g/mol. The quantitative estimate of drug-likeness (QED) is 0.0631. The van der Waals surface area contributed by atoms with E-state index in [4.69, 9.17) is 59.6 Å². The van der Waals surface area contributed by atoms with E-state index in [9.17, 15) is 9.59 Å². The summed E-state index contributed by atoms with van der Waals surface area (Å²) >= 11 is 17.9. The van der Waals surface area contributed by atoms with Gasteiger partial charge in [-0.2, -0.15) is 12.6 Å². The lowest BCUT2D eigenvalue weighted by Gasteiger charge is -2.28. The monoisotopic (exact) mass is 666 g/mol. The second-order valence-corrected chi connectivity index (χ2v) is 20.7. The van der Waals surface area contributed by atoms with Gasteiger partial charge in [-0.3, -0.25) is 4.90 Å². The third-order valence-electron chi connectivity index (χ3n) is 6.14. The van der Waals surface area contributed by atoms with Crippen LogP contribution in [0.3, 0.4) is 0 Å². The fourth-order valence-electron chi connectivity index (χ4n) is 4.19. The van der Waals surface area contributed by atoms with Gasteiger partial charge in [-0.05, 0) is 72.6 Å². The lowest BCUT2D eigenvalue weighted by atomic mass is 9.97. The maximum atomic E-state index is 12.8. The van der Waals surface area contributed by atoms with Gasteiger partial charge in [-0.15, -0.1) is 5.06 Å². The fraction of sp³-hybridized carbons (Fsp3) is 0.724. The van der Waals surface area contributed by atoms with Crippen molar-refractivity contribution in [3.05, 3.63) is 27.7 Å². The number of nitrogens with zero attached hydrogens (tertiary/aromatic N) is 2. The van der Waals surface area contributed by atoms with Crippen LogP contribution in [0.15, 0.2) is 12.1 Å². The minimum atomic E-state index is -1.20. The molecule has 42 heavy (non-hydrogen) atoms. The molecule has 1 saturated heterocycles. The first-order valence-electron chi connectivity index (χ1n) is 14.3. The predicted molar refractivity (Wildman–Crippen MR) is 173 cm³/mol. The zero-order valence-electron chi connectivity index (χ0n) is 26.4. The predicted octanol–water partition coefficient (Wildman–Crippen LogP) is 8.22. The van der Waals surface area contributed by atoms with Gasteiger partial charge in [0.05, 0.1) is 22.0 Å². The molecular formula is C29H48Cl2N2O7SSi. The lowest BCUT2D eigenvalue weighted by molar-refractivity contribution is -0.136. The number of hydroxylamine groups is 2. The number of carbonyl (C=O) groups is 2. The Labute approximate surface area is 267 Å². The Kier molecular flexibility index (Phi) is 13.6. The van der Waals surface area contributed by atoms with Crippen molar-refractivity contribution in [3.8, 4) is 5.75 Å². The summed E-state index contributed by atoms with van der Waals surface area (Å²) in [4.78, 5) is 32.5. The van der Waals surface area contributed by atoms with E-state index in [-0.39, 0.29) is 24.6 Å². The van der Waals surface area contributed by atoms with Gasteiger partial charge >= 0.3 is 12.2 Å². The summed E-state index contributed by atoms with van der Waals surface area (Å²) in [5.74, 6) is 0.669. The molecule has 9 nitrogen and oxygen atoms in total. The van der Waals surface area contributed by atoms with E-state index >= 15 is 0 Å². The van der Waals surface area contributed by atoms with Crippen LogP contribution in [0.5, 0.6) is 5.75 Å². The number of amides is 1. The number of benzene rings is 1. The van der Waals surface area contributed by atoms with Crippen LogP contribution in [0.2, 0.25) is 35.7 Å². The zero-order chi connectivity index (χ0) is 31.9. The Morgan fingerprint density at radius 3 is 2.31 bits per heavy atom. The van der Waals surface area contributed by atoms with Gasteiger partial charge in [0.15, 0.2) is 6.79 Å². The highest BCUT2D eigenvalue weighted by atomic mass is 35.5. The van der Waals surface area contributed by atoms with Crippen molar-refractivity contribution in [1.82, 2.24) is 9.96 Å². The molecule has 2 unspecified atom stereocenters. The van der Waals surface area contributed by atoms with Crippen molar-refractivity contribution in [2.45, 2.75) is 103 Å². The Balaban J connectivity index is 2.04. The van der Waals surface area contributed by atoms with Crippen LogP contribution in [-0.2, 0) is 19.0 Å². The average molecular weight is 668 g/mol. The van der Waals surface area contributed by atoms with Gasteiger partial charge in [0.1, 0.15) is 17.0 Å². The molecule has 1 amide bonds. The van der Waals surface area contributed by atoms with Crippen molar-refractivity contribution < 1.29 is 33.4 Å². The first-order valence-corrected chi connectivity index (χ1v) is 19.3. The highest BCUT2D eigenvalue weighted by Crippen LogP contribution is 2.44. The fourth-order valence-corrected chi connectivity index (χ4v) is 5.89. The third-order valence-corrected chi connectivity index (χ3v) is 9.21. The number of rotatable bonds is 11. The molecule has 0 bridgehead atoms. The van der Waals surface area contributed by atoms with Crippen LogP contribution < -0.4 is 4.74 Å². The Morgan fingerprint density at radius 2 is 1.71 bits per heavy atom. The Hall–Kier alpha value is -1.37. The van der Waals surface area contributed by atoms with Gasteiger partial charge < -0.3 is 23.8 Å². The molecule has 240 valence electrons. The molecule has 2 rings (SSSR count). The molecule has 13 heteroatoms. The largest absolute Gasteiger partial charge is 0.534 e. The number of carbonyl (C=O) groups excluding carboxylic acids is 2. The van der Waals surface area contributed by atoms with Crippen molar-refractivity contribution >= 4 is 56.2 Å². The summed E-state index contributed by atoms with van der Waals surface area (Å²) in [5.41, 5.74) is -0.700.